The maximum atomic E-state index is 12.4. The van der Waals surface area contributed by atoms with Crippen LogP contribution in [0.4, 0.5) is 0 Å². The van der Waals surface area contributed by atoms with E-state index in [0.29, 0.717) is 19.3 Å². The molecule has 0 spiro atoms. The van der Waals surface area contributed by atoms with Crippen molar-refractivity contribution in [2.24, 2.45) is 5.92 Å². The second-order valence-corrected chi connectivity index (χ2v) is 7.54. The zero-order valence-electron chi connectivity index (χ0n) is 11.1. The molecule has 8 heteroatoms. The van der Waals surface area contributed by atoms with Crippen molar-refractivity contribution < 1.29 is 18.3 Å². The van der Waals surface area contributed by atoms with Crippen LogP contribution in [0.5, 0.6) is 0 Å². The second-order valence-electron chi connectivity index (χ2n) is 5.07. The lowest BCUT2D eigenvalue weighted by atomic mass is 9.86. The Bertz CT molecular complexity index is 627. The van der Waals surface area contributed by atoms with Gasteiger partial charge >= 0.3 is 5.97 Å². The first-order valence-electron chi connectivity index (χ1n) is 6.50. The highest BCUT2D eigenvalue weighted by Crippen LogP contribution is 2.31. The minimum Gasteiger partial charge on any atom is -0.481 e. The number of benzene rings is 1. The van der Waals surface area contributed by atoms with Gasteiger partial charge in [0.15, 0.2) is 0 Å². The first-order valence-corrected chi connectivity index (χ1v) is 8.74. The molecule has 1 aliphatic carbocycles. The molecule has 0 radical (unpaired) electrons. The number of hydrogen-bond acceptors (Lipinski definition) is 3. The van der Waals surface area contributed by atoms with Gasteiger partial charge < -0.3 is 5.11 Å². The van der Waals surface area contributed by atoms with Crippen LogP contribution >= 0.6 is 23.2 Å². The standard InChI is InChI=1S/C13H15Cl2NO4S/c14-10-5-2-6-11(15)12(10)21(19,20)16-9-4-1-3-8(7-9)13(17)18/h2,5-6,8-9,16H,1,3-4,7H2,(H,17,18). The minimum absolute atomic E-state index is 0.0422. The number of carboxylic acids is 1. The summed E-state index contributed by atoms with van der Waals surface area (Å²) >= 11 is 11.8. The predicted octanol–water partition coefficient (Wildman–Crippen LogP) is 2.92. The van der Waals surface area contributed by atoms with Crippen molar-refractivity contribution in [1.29, 1.82) is 0 Å². The SMILES string of the molecule is O=C(O)C1CCCC(NS(=O)(=O)c2c(Cl)cccc2Cl)C1. The molecule has 0 amide bonds. The molecular weight excluding hydrogens is 337 g/mol. The number of aliphatic carboxylic acids is 1. The molecule has 2 rings (SSSR count). The Balaban J connectivity index is 2.20. The summed E-state index contributed by atoms with van der Waals surface area (Å²) in [5, 5.41) is 9.12. The molecule has 0 saturated heterocycles. The van der Waals surface area contributed by atoms with Crippen LogP contribution in [0.3, 0.4) is 0 Å². The molecule has 0 heterocycles. The molecular formula is C13H15Cl2NO4S. The fourth-order valence-electron chi connectivity index (χ4n) is 2.54. The third kappa shape index (κ3) is 3.88. The number of sulfonamides is 1. The quantitative estimate of drug-likeness (QED) is 0.873. The zero-order chi connectivity index (χ0) is 15.6. The Labute approximate surface area is 133 Å². The van der Waals surface area contributed by atoms with E-state index >= 15 is 0 Å². The van der Waals surface area contributed by atoms with E-state index in [1.807, 2.05) is 0 Å². The third-order valence-electron chi connectivity index (χ3n) is 3.53. The first-order chi connectivity index (χ1) is 9.81. The van der Waals surface area contributed by atoms with E-state index < -0.39 is 28.0 Å². The number of halogens is 2. The van der Waals surface area contributed by atoms with Crippen LogP contribution in [-0.2, 0) is 14.8 Å². The Morgan fingerprint density at radius 1 is 1.24 bits per heavy atom. The maximum Gasteiger partial charge on any atom is 0.306 e. The van der Waals surface area contributed by atoms with Gasteiger partial charge in [-0.1, -0.05) is 35.7 Å². The molecule has 5 nitrogen and oxygen atoms in total. The van der Waals surface area contributed by atoms with Gasteiger partial charge in [-0.2, -0.15) is 0 Å². The summed E-state index contributed by atoms with van der Waals surface area (Å²) in [4.78, 5) is 10.9. The van der Waals surface area contributed by atoms with Crippen LogP contribution in [0.15, 0.2) is 23.1 Å². The Morgan fingerprint density at radius 3 is 2.43 bits per heavy atom. The molecule has 2 N–H and O–H groups in total. The van der Waals surface area contributed by atoms with Crippen molar-refractivity contribution in [2.75, 3.05) is 0 Å². The van der Waals surface area contributed by atoms with Gasteiger partial charge in [-0.15, -0.1) is 0 Å². The van der Waals surface area contributed by atoms with Gasteiger partial charge in [-0.25, -0.2) is 13.1 Å². The van der Waals surface area contributed by atoms with Crippen molar-refractivity contribution in [3.8, 4) is 0 Å². The summed E-state index contributed by atoms with van der Waals surface area (Å²) in [6.45, 7) is 0. The molecule has 0 aromatic heterocycles. The van der Waals surface area contributed by atoms with Crippen molar-refractivity contribution in [2.45, 2.75) is 36.6 Å². The Hall–Kier alpha value is -0.820. The number of carboxylic acid groups (broad SMARTS) is 1. The zero-order valence-corrected chi connectivity index (χ0v) is 13.4. The van der Waals surface area contributed by atoms with Crippen LogP contribution in [0.2, 0.25) is 10.0 Å². The van der Waals surface area contributed by atoms with Gasteiger partial charge in [0.2, 0.25) is 10.0 Å². The molecule has 1 fully saturated rings. The van der Waals surface area contributed by atoms with E-state index in [4.69, 9.17) is 28.3 Å². The van der Waals surface area contributed by atoms with Gasteiger partial charge in [0.25, 0.3) is 0 Å². The molecule has 116 valence electrons. The van der Waals surface area contributed by atoms with Gasteiger partial charge in [-0.3, -0.25) is 4.79 Å². The molecule has 1 saturated carbocycles. The normalized spacial score (nSPS) is 23.0. The smallest absolute Gasteiger partial charge is 0.306 e. The molecule has 0 bridgehead atoms. The topological polar surface area (TPSA) is 83.5 Å². The first kappa shape index (κ1) is 16.5. The average Bonchev–Trinajstić information content (AvgIpc) is 2.37. The molecule has 21 heavy (non-hydrogen) atoms. The number of rotatable bonds is 4. The lowest BCUT2D eigenvalue weighted by molar-refractivity contribution is -0.143. The molecule has 0 aliphatic heterocycles. The van der Waals surface area contributed by atoms with Gasteiger partial charge in [0.1, 0.15) is 4.90 Å². The summed E-state index contributed by atoms with van der Waals surface area (Å²) in [6, 6.07) is 4.04. The minimum atomic E-state index is -3.88. The summed E-state index contributed by atoms with van der Waals surface area (Å²) in [5.41, 5.74) is 0. The van der Waals surface area contributed by atoms with E-state index in [0.717, 1.165) is 0 Å². The lowest BCUT2D eigenvalue weighted by Gasteiger charge is -2.27. The summed E-state index contributed by atoms with van der Waals surface area (Å²) in [5.74, 6) is -1.41. The fraction of sp³-hybridized carbons (Fsp3) is 0.462. The van der Waals surface area contributed by atoms with Crippen LogP contribution in [0, 0.1) is 5.92 Å². The Kier molecular flexibility index (Phi) is 5.14. The molecule has 2 atom stereocenters. The average molecular weight is 352 g/mol. The second kappa shape index (κ2) is 6.52. The van der Waals surface area contributed by atoms with Gasteiger partial charge in [0.05, 0.1) is 16.0 Å². The predicted molar refractivity (Wildman–Crippen MR) is 80.2 cm³/mol. The van der Waals surface area contributed by atoms with Crippen LogP contribution < -0.4 is 4.72 Å². The van der Waals surface area contributed by atoms with Crippen molar-refractivity contribution in [3.63, 3.8) is 0 Å². The number of hydrogen-bond donors (Lipinski definition) is 2. The highest BCUT2D eigenvalue weighted by atomic mass is 35.5. The summed E-state index contributed by atoms with van der Waals surface area (Å²) < 4.78 is 27.3. The Morgan fingerprint density at radius 2 is 1.86 bits per heavy atom. The van der Waals surface area contributed by atoms with E-state index in [2.05, 4.69) is 4.72 Å². The fourth-order valence-corrected chi connectivity index (χ4v) is 4.97. The van der Waals surface area contributed by atoms with E-state index in [9.17, 15) is 13.2 Å². The summed E-state index contributed by atoms with van der Waals surface area (Å²) in [6.07, 6.45) is 2.11. The lowest BCUT2D eigenvalue weighted by Crippen LogP contribution is -2.40. The van der Waals surface area contributed by atoms with E-state index in [-0.39, 0.29) is 21.4 Å². The van der Waals surface area contributed by atoms with Crippen LogP contribution in [0.25, 0.3) is 0 Å². The van der Waals surface area contributed by atoms with Gasteiger partial charge in [0, 0.05) is 6.04 Å². The molecule has 2 unspecified atom stereocenters. The van der Waals surface area contributed by atoms with Crippen molar-refractivity contribution >= 4 is 39.2 Å². The molecule has 1 aliphatic rings. The summed E-state index contributed by atoms with van der Waals surface area (Å²) in [7, 11) is -3.88. The highest BCUT2D eigenvalue weighted by Gasteiger charge is 2.31. The molecule has 1 aromatic carbocycles. The van der Waals surface area contributed by atoms with E-state index in [1.54, 1.807) is 6.07 Å². The molecule has 1 aromatic rings. The monoisotopic (exact) mass is 351 g/mol. The van der Waals surface area contributed by atoms with Crippen molar-refractivity contribution in [3.05, 3.63) is 28.2 Å². The highest BCUT2D eigenvalue weighted by molar-refractivity contribution is 7.89. The van der Waals surface area contributed by atoms with Crippen LogP contribution in [0.1, 0.15) is 25.7 Å². The maximum absolute atomic E-state index is 12.4. The number of nitrogens with one attached hydrogen (secondary N) is 1. The van der Waals surface area contributed by atoms with Gasteiger partial charge in [-0.05, 0) is 31.4 Å². The van der Waals surface area contributed by atoms with Crippen LogP contribution in [-0.4, -0.2) is 25.5 Å². The number of carbonyl (C=O) groups is 1. The largest absolute Gasteiger partial charge is 0.481 e. The van der Waals surface area contributed by atoms with E-state index in [1.165, 1.54) is 12.1 Å². The van der Waals surface area contributed by atoms with Crippen molar-refractivity contribution in [1.82, 2.24) is 4.72 Å². The third-order valence-corrected chi connectivity index (χ3v) is 6.01.